The summed E-state index contributed by atoms with van der Waals surface area (Å²) >= 11 is 1.39. The standard InChI is InChI=1S/C19H18N2O2S/c1-13-4-8-15(9-5-13)20-19-21(2)18(22)17(24-19)12-14-6-10-16(23-3)11-7-14/h4-12H,1-3H3/b17-12-,20-19?. The molecule has 0 atom stereocenters. The molecule has 0 bridgehead atoms. The van der Waals surface area contributed by atoms with Gasteiger partial charge in [-0.15, -0.1) is 0 Å². The van der Waals surface area contributed by atoms with Crippen LogP contribution in [-0.4, -0.2) is 30.1 Å². The molecule has 1 saturated heterocycles. The number of hydrogen-bond acceptors (Lipinski definition) is 4. The Bertz CT molecular complexity index is 808. The minimum absolute atomic E-state index is 0.0401. The summed E-state index contributed by atoms with van der Waals surface area (Å²) in [6.07, 6.45) is 1.88. The number of ether oxygens (including phenoxy) is 1. The molecule has 0 unspecified atom stereocenters. The molecule has 1 fully saturated rings. The summed E-state index contributed by atoms with van der Waals surface area (Å²) in [4.78, 5) is 19.2. The Morgan fingerprint density at radius 2 is 1.75 bits per heavy atom. The number of carbonyl (C=O) groups is 1. The topological polar surface area (TPSA) is 41.9 Å². The molecule has 0 spiro atoms. The molecule has 1 aliphatic heterocycles. The van der Waals surface area contributed by atoms with E-state index in [0.717, 1.165) is 17.0 Å². The Balaban J connectivity index is 1.85. The van der Waals surface area contributed by atoms with Gasteiger partial charge >= 0.3 is 0 Å². The third-order valence-electron chi connectivity index (χ3n) is 3.68. The lowest BCUT2D eigenvalue weighted by Gasteiger charge is -2.07. The van der Waals surface area contributed by atoms with Gasteiger partial charge in [-0.25, -0.2) is 4.99 Å². The molecule has 0 radical (unpaired) electrons. The number of nitrogens with zero attached hydrogens (tertiary/aromatic N) is 2. The van der Waals surface area contributed by atoms with Crippen molar-refractivity contribution in [2.75, 3.05) is 14.2 Å². The first-order valence-corrected chi connectivity index (χ1v) is 8.35. The number of methoxy groups -OCH3 is 1. The van der Waals surface area contributed by atoms with Crippen molar-refractivity contribution >= 4 is 34.6 Å². The summed E-state index contributed by atoms with van der Waals surface area (Å²) < 4.78 is 5.15. The van der Waals surface area contributed by atoms with Crippen LogP contribution in [0.4, 0.5) is 5.69 Å². The quantitative estimate of drug-likeness (QED) is 0.786. The van der Waals surface area contributed by atoms with Gasteiger partial charge in [0.2, 0.25) is 0 Å². The summed E-state index contributed by atoms with van der Waals surface area (Å²) in [6.45, 7) is 2.03. The third kappa shape index (κ3) is 3.51. The summed E-state index contributed by atoms with van der Waals surface area (Å²) in [6, 6.07) is 15.5. The van der Waals surface area contributed by atoms with Crippen LogP contribution in [0.2, 0.25) is 0 Å². The van der Waals surface area contributed by atoms with Gasteiger partial charge in [0, 0.05) is 7.05 Å². The molecule has 4 nitrogen and oxygen atoms in total. The van der Waals surface area contributed by atoms with E-state index in [-0.39, 0.29) is 5.91 Å². The summed E-state index contributed by atoms with van der Waals surface area (Å²) in [5, 5.41) is 0.684. The number of hydrogen-bond donors (Lipinski definition) is 0. The maximum atomic E-state index is 12.4. The van der Waals surface area contributed by atoms with Gasteiger partial charge in [0.15, 0.2) is 5.17 Å². The van der Waals surface area contributed by atoms with E-state index in [1.54, 1.807) is 19.1 Å². The van der Waals surface area contributed by atoms with Crippen molar-refractivity contribution in [1.29, 1.82) is 0 Å². The largest absolute Gasteiger partial charge is 0.497 e. The van der Waals surface area contributed by atoms with Gasteiger partial charge in [-0.2, -0.15) is 0 Å². The van der Waals surface area contributed by atoms with E-state index in [0.29, 0.717) is 10.1 Å². The number of amides is 1. The third-order valence-corrected chi connectivity index (χ3v) is 4.74. The molecule has 5 heteroatoms. The number of thioether (sulfide) groups is 1. The highest BCUT2D eigenvalue weighted by Gasteiger charge is 2.30. The highest BCUT2D eigenvalue weighted by Crippen LogP contribution is 2.33. The van der Waals surface area contributed by atoms with Crippen LogP contribution < -0.4 is 4.74 Å². The number of amidine groups is 1. The number of aryl methyl sites for hydroxylation is 1. The number of carbonyl (C=O) groups excluding carboxylic acids is 1. The second kappa shape index (κ2) is 6.93. The minimum atomic E-state index is -0.0401. The molecule has 3 rings (SSSR count). The Kier molecular flexibility index (Phi) is 4.71. The fraction of sp³-hybridized carbons (Fsp3) is 0.158. The maximum absolute atomic E-state index is 12.4. The Hall–Kier alpha value is -2.53. The fourth-order valence-electron chi connectivity index (χ4n) is 2.23. The monoisotopic (exact) mass is 338 g/mol. The van der Waals surface area contributed by atoms with E-state index >= 15 is 0 Å². The van der Waals surface area contributed by atoms with Crippen molar-refractivity contribution < 1.29 is 9.53 Å². The van der Waals surface area contributed by atoms with Crippen LogP contribution in [0.5, 0.6) is 5.75 Å². The molecule has 1 aliphatic rings. The van der Waals surface area contributed by atoms with Crippen molar-refractivity contribution in [3.8, 4) is 5.75 Å². The summed E-state index contributed by atoms with van der Waals surface area (Å²) in [7, 11) is 3.38. The second-order valence-corrected chi connectivity index (χ2v) is 6.49. The van der Waals surface area contributed by atoms with Gasteiger partial charge in [0.25, 0.3) is 5.91 Å². The van der Waals surface area contributed by atoms with Gasteiger partial charge < -0.3 is 4.74 Å². The predicted octanol–water partition coefficient (Wildman–Crippen LogP) is 4.24. The molecular weight excluding hydrogens is 320 g/mol. The van der Waals surface area contributed by atoms with E-state index in [1.807, 2.05) is 61.5 Å². The Morgan fingerprint density at radius 1 is 1.08 bits per heavy atom. The van der Waals surface area contributed by atoms with Crippen LogP contribution in [0.15, 0.2) is 58.4 Å². The van der Waals surface area contributed by atoms with Crippen LogP contribution in [0.3, 0.4) is 0 Å². The lowest BCUT2D eigenvalue weighted by molar-refractivity contribution is -0.121. The number of likely N-dealkylation sites (N-methyl/N-ethyl adjacent to an activating group) is 1. The number of aliphatic imine (C=N–C) groups is 1. The zero-order valence-corrected chi connectivity index (χ0v) is 14.6. The minimum Gasteiger partial charge on any atom is -0.497 e. The van der Waals surface area contributed by atoms with Crippen LogP contribution >= 0.6 is 11.8 Å². The SMILES string of the molecule is COc1ccc(/C=C2\SC(=Nc3ccc(C)cc3)N(C)C2=O)cc1. The van der Waals surface area contributed by atoms with E-state index in [1.165, 1.54) is 17.3 Å². The van der Waals surface area contributed by atoms with Gasteiger partial charge in [-0.3, -0.25) is 9.69 Å². The van der Waals surface area contributed by atoms with E-state index in [2.05, 4.69) is 4.99 Å². The molecule has 0 aliphatic carbocycles. The Labute approximate surface area is 145 Å². The van der Waals surface area contributed by atoms with Crippen molar-refractivity contribution in [1.82, 2.24) is 4.90 Å². The smallest absolute Gasteiger partial charge is 0.266 e. The number of rotatable bonds is 3. The average Bonchev–Trinajstić information content (AvgIpc) is 2.86. The first-order chi connectivity index (χ1) is 11.6. The van der Waals surface area contributed by atoms with Crippen LogP contribution in [-0.2, 0) is 4.79 Å². The normalized spacial score (nSPS) is 17.8. The molecular formula is C19H18N2O2S. The molecule has 2 aromatic rings. The van der Waals surface area contributed by atoms with Crippen LogP contribution in [0.25, 0.3) is 6.08 Å². The van der Waals surface area contributed by atoms with Crippen LogP contribution in [0, 0.1) is 6.92 Å². The van der Waals surface area contributed by atoms with Crippen molar-refractivity contribution in [2.45, 2.75) is 6.92 Å². The fourth-order valence-corrected chi connectivity index (χ4v) is 3.22. The van der Waals surface area contributed by atoms with E-state index < -0.39 is 0 Å². The lowest BCUT2D eigenvalue weighted by atomic mass is 10.2. The van der Waals surface area contributed by atoms with E-state index in [9.17, 15) is 4.79 Å². The van der Waals surface area contributed by atoms with Gasteiger partial charge in [-0.1, -0.05) is 29.8 Å². The first kappa shape index (κ1) is 16.3. The highest BCUT2D eigenvalue weighted by atomic mass is 32.2. The van der Waals surface area contributed by atoms with Crippen molar-refractivity contribution in [3.05, 3.63) is 64.6 Å². The Morgan fingerprint density at radius 3 is 2.38 bits per heavy atom. The summed E-state index contributed by atoms with van der Waals surface area (Å²) in [5.74, 6) is 0.753. The number of benzene rings is 2. The van der Waals surface area contributed by atoms with Crippen LogP contribution in [0.1, 0.15) is 11.1 Å². The van der Waals surface area contributed by atoms with Crippen molar-refractivity contribution in [3.63, 3.8) is 0 Å². The average molecular weight is 338 g/mol. The molecule has 1 heterocycles. The van der Waals surface area contributed by atoms with Gasteiger partial charge in [0.1, 0.15) is 5.75 Å². The predicted molar refractivity (Wildman–Crippen MR) is 99.6 cm³/mol. The summed E-state index contributed by atoms with van der Waals surface area (Å²) in [5.41, 5.74) is 2.98. The van der Waals surface area contributed by atoms with E-state index in [4.69, 9.17) is 4.74 Å². The molecule has 0 N–H and O–H groups in total. The molecule has 2 aromatic carbocycles. The zero-order chi connectivity index (χ0) is 17.1. The highest BCUT2D eigenvalue weighted by molar-refractivity contribution is 8.18. The molecule has 0 saturated carbocycles. The molecule has 24 heavy (non-hydrogen) atoms. The lowest BCUT2D eigenvalue weighted by Crippen LogP contribution is -2.23. The van der Waals surface area contributed by atoms with Gasteiger partial charge in [0.05, 0.1) is 17.7 Å². The second-order valence-electron chi connectivity index (χ2n) is 5.48. The first-order valence-electron chi connectivity index (χ1n) is 7.54. The van der Waals surface area contributed by atoms with Crippen molar-refractivity contribution in [2.24, 2.45) is 4.99 Å². The van der Waals surface area contributed by atoms with Gasteiger partial charge in [-0.05, 0) is 54.6 Å². The zero-order valence-electron chi connectivity index (χ0n) is 13.8. The molecule has 0 aromatic heterocycles. The molecule has 122 valence electrons. The molecule has 1 amide bonds. The maximum Gasteiger partial charge on any atom is 0.266 e.